The van der Waals surface area contributed by atoms with Crippen LogP contribution in [0.15, 0.2) is 46.8 Å². The van der Waals surface area contributed by atoms with Gasteiger partial charge in [-0.25, -0.2) is 0 Å². The molecule has 0 aliphatic rings. The van der Waals surface area contributed by atoms with E-state index < -0.39 is 0 Å². The molecule has 0 bridgehead atoms. The summed E-state index contributed by atoms with van der Waals surface area (Å²) in [5.41, 5.74) is 1.85. The first-order valence-corrected chi connectivity index (χ1v) is 9.67. The van der Waals surface area contributed by atoms with Crippen LogP contribution < -0.4 is 10.6 Å². The highest BCUT2D eigenvalue weighted by molar-refractivity contribution is 14.0. The van der Waals surface area contributed by atoms with Crippen molar-refractivity contribution in [1.29, 1.82) is 0 Å². The molecule has 0 radical (unpaired) electrons. The van der Waals surface area contributed by atoms with Crippen LogP contribution in [-0.2, 0) is 6.42 Å². The van der Waals surface area contributed by atoms with Crippen LogP contribution in [0.5, 0.6) is 0 Å². The molecule has 5 nitrogen and oxygen atoms in total. The molecule has 0 fully saturated rings. The predicted octanol–water partition coefficient (Wildman–Crippen LogP) is 3.58. The van der Waals surface area contributed by atoms with Gasteiger partial charge in [0.2, 0.25) is 0 Å². The number of guanidine groups is 1. The molecule has 1 amide bonds. The zero-order chi connectivity index (χ0) is 18.9. The maximum atomic E-state index is 12.1. The lowest BCUT2D eigenvalue weighted by Gasteiger charge is -2.15. The van der Waals surface area contributed by atoms with Crippen LogP contribution in [0.1, 0.15) is 33.6 Å². The molecule has 2 aromatic rings. The largest absolute Gasteiger partial charge is 0.356 e. The molecule has 1 aromatic heterocycles. The molecule has 0 spiro atoms. The van der Waals surface area contributed by atoms with Gasteiger partial charge < -0.3 is 15.5 Å². The molecule has 0 aliphatic carbocycles. The van der Waals surface area contributed by atoms with Gasteiger partial charge in [0.1, 0.15) is 0 Å². The second-order valence-electron chi connectivity index (χ2n) is 6.45. The van der Waals surface area contributed by atoms with Crippen molar-refractivity contribution in [3.8, 4) is 0 Å². The average Bonchev–Trinajstić information content (AvgIpc) is 3.18. The smallest absolute Gasteiger partial charge is 0.253 e. The van der Waals surface area contributed by atoms with E-state index >= 15 is 0 Å². The molecule has 1 atom stereocenters. The number of rotatable bonds is 7. The Hall–Kier alpha value is -1.61. The number of hydrogen-bond acceptors (Lipinski definition) is 3. The summed E-state index contributed by atoms with van der Waals surface area (Å²) < 4.78 is 0. The molecule has 1 heterocycles. The fourth-order valence-corrected chi connectivity index (χ4v) is 3.37. The topological polar surface area (TPSA) is 56.7 Å². The van der Waals surface area contributed by atoms with Gasteiger partial charge in [-0.1, -0.05) is 25.1 Å². The number of benzene rings is 1. The molecular formula is C20H29IN4OS. The quantitative estimate of drug-likeness (QED) is 0.347. The van der Waals surface area contributed by atoms with Crippen molar-refractivity contribution in [2.24, 2.45) is 4.99 Å². The van der Waals surface area contributed by atoms with Gasteiger partial charge in [-0.05, 0) is 35.6 Å². The number of thiophene rings is 1. The molecule has 2 rings (SSSR count). The molecule has 1 aromatic carbocycles. The molecule has 27 heavy (non-hydrogen) atoms. The summed E-state index contributed by atoms with van der Waals surface area (Å²) in [6.45, 7) is 3.80. The van der Waals surface area contributed by atoms with E-state index in [0.29, 0.717) is 5.92 Å². The molecule has 2 N–H and O–H groups in total. The van der Waals surface area contributed by atoms with Gasteiger partial charge in [-0.2, -0.15) is 0 Å². The molecule has 0 saturated heterocycles. The number of carbonyl (C=O) groups excluding carboxylic acids is 1. The van der Waals surface area contributed by atoms with Crippen molar-refractivity contribution in [2.45, 2.75) is 19.3 Å². The van der Waals surface area contributed by atoms with E-state index in [9.17, 15) is 4.79 Å². The van der Waals surface area contributed by atoms with Crippen molar-refractivity contribution in [3.05, 3.63) is 57.8 Å². The summed E-state index contributed by atoms with van der Waals surface area (Å²) in [5, 5.41) is 8.82. The summed E-state index contributed by atoms with van der Waals surface area (Å²) in [6, 6.07) is 12.0. The number of amides is 1. The predicted molar refractivity (Wildman–Crippen MR) is 126 cm³/mol. The highest BCUT2D eigenvalue weighted by Crippen LogP contribution is 2.19. The van der Waals surface area contributed by atoms with Gasteiger partial charge in [0.05, 0.1) is 0 Å². The second-order valence-corrected chi connectivity index (χ2v) is 7.43. The van der Waals surface area contributed by atoms with Gasteiger partial charge in [0, 0.05) is 50.6 Å². The second kappa shape index (κ2) is 12.0. The zero-order valence-corrected chi connectivity index (χ0v) is 19.5. The Bertz CT molecular complexity index is 731. The monoisotopic (exact) mass is 500 g/mol. The molecule has 0 aliphatic heterocycles. The number of carbonyl (C=O) groups is 1. The van der Waals surface area contributed by atoms with E-state index in [1.54, 1.807) is 37.4 Å². The minimum absolute atomic E-state index is 0. The third-order valence-electron chi connectivity index (χ3n) is 4.11. The Kier molecular flexibility index (Phi) is 10.4. The van der Waals surface area contributed by atoms with Crippen LogP contribution in [-0.4, -0.2) is 51.0 Å². The van der Waals surface area contributed by atoms with E-state index in [4.69, 9.17) is 0 Å². The van der Waals surface area contributed by atoms with Gasteiger partial charge in [-0.3, -0.25) is 9.79 Å². The molecular weight excluding hydrogens is 471 g/mol. The lowest BCUT2D eigenvalue weighted by Crippen LogP contribution is -2.39. The molecule has 148 valence electrons. The first-order chi connectivity index (χ1) is 12.5. The van der Waals surface area contributed by atoms with Crippen molar-refractivity contribution in [3.63, 3.8) is 0 Å². The first kappa shape index (κ1) is 23.4. The standard InChI is InChI=1S/C20H28N4OS.HI/c1-15(18-9-6-12-26-18)14-23-20(21-2)22-11-10-16-7-5-8-17(13-16)19(25)24(3)4;/h5-9,12-13,15H,10-11,14H2,1-4H3,(H2,21,22,23);1H. The fourth-order valence-electron chi connectivity index (χ4n) is 2.59. The number of nitrogens with zero attached hydrogens (tertiary/aromatic N) is 2. The lowest BCUT2D eigenvalue weighted by molar-refractivity contribution is 0.0827. The summed E-state index contributed by atoms with van der Waals surface area (Å²) in [7, 11) is 5.31. The minimum atomic E-state index is 0. The Morgan fingerprint density at radius 2 is 2.00 bits per heavy atom. The summed E-state index contributed by atoms with van der Waals surface area (Å²) >= 11 is 1.78. The molecule has 1 unspecified atom stereocenters. The number of nitrogens with one attached hydrogen (secondary N) is 2. The van der Waals surface area contributed by atoms with Crippen molar-refractivity contribution < 1.29 is 4.79 Å². The van der Waals surface area contributed by atoms with E-state index in [1.165, 1.54) is 4.88 Å². The maximum Gasteiger partial charge on any atom is 0.253 e. The highest BCUT2D eigenvalue weighted by Gasteiger charge is 2.09. The van der Waals surface area contributed by atoms with Crippen LogP contribution in [0.25, 0.3) is 0 Å². The van der Waals surface area contributed by atoms with Gasteiger partial charge in [-0.15, -0.1) is 35.3 Å². The maximum absolute atomic E-state index is 12.1. The van der Waals surface area contributed by atoms with Crippen LogP contribution in [0.4, 0.5) is 0 Å². The third-order valence-corrected chi connectivity index (χ3v) is 5.22. The Morgan fingerprint density at radius 1 is 1.22 bits per heavy atom. The third kappa shape index (κ3) is 7.50. The SMILES string of the molecule is CN=C(NCCc1cccc(C(=O)N(C)C)c1)NCC(C)c1cccs1.I. The average molecular weight is 500 g/mol. The van der Waals surface area contributed by atoms with Gasteiger partial charge in [0.15, 0.2) is 5.96 Å². The normalized spacial score (nSPS) is 12.1. The number of aliphatic imine (C=N–C) groups is 1. The summed E-state index contributed by atoms with van der Waals surface area (Å²) in [4.78, 5) is 19.3. The Balaban J connectivity index is 0.00000364. The highest BCUT2D eigenvalue weighted by atomic mass is 127. The van der Waals surface area contributed by atoms with Crippen molar-refractivity contribution in [1.82, 2.24) is 15.5 Å². The van der Waals surface area contributed by atoms with E-state index in [-0.39, 0.29) is 29.9 Å². The zero-order valence-electron chi connectivity index (χ0n) is 16.4. The van der Waals surface area contributed by atoms with Gasteiger partial charge >= 0.3 is 0 Å². The van der Waals surface area contributed by atoms with Crippen LogP contribution >= 0.6 is 35.3 Å². The van der Waals surface area contributed by atoms with Crippen LogP contribution in [0.3, 0.4) is 0 Å². The van der Waals surface area contributed by atoms with Crippen molar-refractivity contribution in [2.75, 3.05) is 34.2 Å². The minimum Gasteiger partial charge on any atom is -0.356 e. The number of hydrogen-bond donors (Lipinski definition) is 2. The fraction of sp³-hybridized carbons (Fsp3) is 0.400. The Labute approximate surface area is 183 Å². The summed E-state index contributed by atoms with van der Waals surface area (Å²) in [5.74, 6) is 1.27. The van der Waals surface area contributed by atoms with E-state index in [2.05, 4.69) is 40.1 Å². The number of halogens is 1. The van der Waals surface area contributed by atoms with E-state index in [0.717, 1.165) is 36.6 Å². The lowest BCUT2D eigenvalue weighted by atomic mass is 10.1. The van der Waals surface area contributed by atoms with Crippen LogP contribution in [0.2, 0.25) is 0 Å². The van der Waals surface area contributed by atoms with Crippen LogP contribution in [0, 0.1) is 0 Å². The van der Waals surface area contributed by atoms with Gasteiger partial charge in [0.25, 0.3) is 5.91 Å². The summed E-state index contributed by atoms with van der Waals surface area (Å²) in [6.07, 6.45) is 0.829. The molecule has 7 heteroatoms. The van der Waals surface area contributed by atoms with E-state index in [1.807, 2.05) is 24.3 Å². The Morgan fingerprint density at radius 3 is 2.63 bits per heavy atom. The molecule has 0 saturated carbocycles. The van der Waals surface area contributed by atoms with Crippen molar-refractivity contribution >= 4 is 47.2 Å². The first-order valence-electron chi connectivity index (χ1n) is 8.79.